The third-order valence-corrected chi connectivity index (χ3v) is 15.7. The normalized spacial score (nSPS) is 45.7. The molecule has 0 heterocycles. The molecule has 11 atom stereocenters. The van der Waals surface area contributed by atoms with E-state index in [0.29, 0.717) is 54.1 Å². The molecule has 0 saturated heterocycles. The molecule has 0 N–H and O–H groups in total. The van der Waals surface area contributed by atoms with Gasteiger partial charge in [-0.2, -0.15) is 0 Å². The summed E-state index contributed by atoms with van der Waals surface area (Å²) in [6.45, 7) is 23.2. The van der Waals surface area contributed by atoms with Crippen molar-refractivity contribution in [2.24, 2.45) is 68.5 Å². The van der Waals surface area contributed by atoms with Gasteiger partial charge in [-0.1, -0.05) is 62.3 Å². The number of carbonyl (C=O) groups is 3. The Balaban J connectivity index is 1.47. The van der Waals surface area contributed by atoms with E-state index >= 15 is 0 Å². The quantitative estimate of drug-likeness (QED) is 0.262. The number of rotatable bonds is 8. The van der Waals surface area contributed by atoms with Crippen molar-refractivity contribution in [2.45, 2.75) is 159 Å². The summed E-state index contributed by atoms with van der Waals surface area (Å²) >= 11 is 0. The maximum Gasteiger partial charge on any atom is 0.306 e. The predicted molar refractivity (Wildman–Crippen MR) is 173 cm³/mol. The van der Waals surface area contributed by atoms with Crippen molar-refractivity contribution >= 4 is 17.5 Å². The average Bonchev–Trinajstić information content (AvgIpc) is 3.32. The lowest BCUT2D eigenvalue weighted by Crippen LogP contribution is -2.67. The Morgan fingerprint density at radius 2 is 1.49 bits per heavy atom. The van der Waals surface area contributed by atoms with E-state index in [1.54, 1.807) is 6.92 Å². The van der Waals surface area contributed by atoms with Crippen LogP contribution in [0.2, 0.25) is 0 Å². The monoisotopic (exact) mass is 596 g/mol. The summed E-state index contributed by atoms with van der Waals surface area (Å²) in [6.07, 6.45) is 13.2. The Hall–Kier alpha value is -1.19. The van der Waals surface area contributed by atoms with E-state index < -0.39 is 0 Å². The molecule has 5 rings (SSSR count). The Morgan fingerprint density at radius 1 is 0.791 bits per heavy atom. The van der Waals surface area contributed by atoms with Crippen LogP contribution in [0.15, 0.2) is 0 Å². The molecule has 4 nitrogen and oxygen atoms in total. The Morgan fingerprint density at radius 3 is 2.12 bits per heavy atom. The van der Waals surface area contributed by atoms with Crippen LogP contribution in [0.3, 0.4) is 0 Å². The zero-order valence-corrected chi connectivity index (χ0v) is 29.4. The Kier molecular flexibility index (Phi) is 8.68. The van der Waals surface area contributed by atoms with Crippen LogP contribution in [-0.4, -0.2) is 23.6 Å². The van der Waals surface area contributed by atoms with Gasteiger partial charge in [0.15, 0.2) is 0 Å². The third kappa shape index (κ3) is 4.83. The van der Waals surface area contributed by atoms with Crippen LogP contribution in [-0.2, 0) is 19.1 Å². The standard InChI is InChI=1S/C39H64O4/c1-11-12-33(42)43-32-17-18-36(8)29(35(32,6)7)16-19-38(10)30(36)14-13-28-34-27(24(2)3)15-20-39(34,22-21-37(28,38)9)31(41)23-25(4)26(5)40/h24-25,27-30,32,34H,11-23H2,1-10H3/t25-,27?,28?,29?,30?,32-,34?,36+,37-,38-,39-/m1/s1. The van der Waals surface area contributed by atoms with Crippen molar-refractivity contribution in [3.8, 4) is 0 Å². The molecule has 244 valence electrons. The van der Waals surface area contributed by atoms with Crippen molar-refractivity contribution in [3.63, 3.8) is 0 Å². The predicted octanol–water partition coefficient (Wildman–Crippen LogP) is 9.62. The first-order valence-electron chi connectivity index (χ1n) is 18.2. The molecule has 43 heavy (non-hydrogen) atoms. The van der Waals surface area contributed by atoms with Crippen LogP contribution < -0.4 is 0 Å². The Bertz CT molecular complexity index is 1110. The molecule has 5 fully saturated rings. The molecule has 0 aromatic rings. The van der Waals surface area contributed by atoms with Gasteiger partial charge >= 0.3 is 5.97 Å². The van der Waals surface area contributed by atoms with Crippen molar-refractivity contribution in [1.82, 2.24) is 0 Å². The van der Waals surface area contributed by atoms with Gasteiger partial charge in [0.1, 0.15) is 17.7 Å². The molecule has 4 heteroatoms. The average molecular weight is 597 g/mol. The van der Waals surface area contributed by atoms with E-state index in [1.165, 1.54) is 32.1 Å². The van der Waals surface area contributed by atoms with Crippen molar-refractivity contribution in [1.29, 1.82) is 0 Å². The second-order valence-electron chi connectivity index (χ2n) is 18.0. The van der Waals surface area contributed by atoms with Gasteiger partial charge in [-0.15, -0.1) is 0 Å². The summed E-state index contributed by atoms with van der Waals surface area (Å²) in [7, 11) is 0. The van der Waals surface area contributed by atoms with Crippen LogP contribution in [0.4, 0.5) is 0 Å². The maximum atomic E-state index is 14.3. The molecule has 0 aromatic heterocycles. The van der Waals surface area contributed by atoms with Gasteiger partial charge in [-0.25, -0.2) is 0 Å². The van der Waals surface area contributed by atoms with Crippen molar-refractivity contribution in [2.75, 3.05) is 0 Å². The second kappa shape index (κ2) is 11.3. The van der Waals surface area contributed by atoms with E-state index in [-0.39, 0.29) is 50.8 Å². The minimum atomic E-state index is -0.227. The fourth-order valence-corrected chi connectivity index (χ4v) is 13.1. The molecule has 0 aliphatic heterocycles. The highest BCUT2D eigenvalue weighted by atomic mass is 16.5. The summed E-state index contributed by atoms with van der Waals surface area (Å²) < 4.78 is 6.17. The highest BCUT2D eigenvalue weighted by Gasteiger charge is 2.72. The minimum absolute atomic E-state index is 0.0184. The molecule has 5 aliphatic carbocycles. The minimum Gasteiger partial charge on any atom is -0.462 e. The first-order chi connectivity index (χ1) is 20.0. The smallest absolute Gasteiger partial charge is 0.306 e. The van der Waals surface area contributed by atoms with Crippen LogP contribution in [0, 0.1) is 68.5 Å². The van der Waals surface area contributed by atoms with Gasteiger partial charge in [-0.3, -0.25) is 14.4 Å². The number of ketones is 2. The van der Waals surface area contributed by atoms with Crippen LogP contribution >= 0.6 is 0 Å². The molecule has 5 aliphatic rings. The van der Waals surface area contributed by atoms with E-state index in [0.717, 1.165) is 38.5 Å². The number of hydrogen-bond acceptors (Lipinski definition) is 4. The molecule has 0 spiro atoms. The molecule has 0 amide bonds. The molecular weight excluding hydrogens is 532 g/mol. The van der Waals surface area contributed by atoms with E-state index in [1.807, 2.05) is 6.92 Å². The summed E-state index contributed by atoms with van der Waals surface area (Å²) in [5.74, 6) is 3.79. The number of carbonyl (C=O) groups excluding carboxylic acids is 3. The van der Waals surface area contributed by atoms with E-state index in [9.17, 15) is 14.4 Å². The maximum absolute atomic E-state index is 14.3. The van der Waals surface area contributed by atoms with Gasteiger partial charge in [0.2, 0.25) is 0 Å². The molecule has 5 unspecified atom stereocenters. The molecule has 0 bridgehead atoms. The second-order valence-corrected chi connectivity index (χ2v) is 18.0. The molecular formula is C39H64O4. The van der Waals surface area contributed by atoms with Gasteiger partial charge in [-0.05, 0) is 129 Å². The largest absolute Gasteiger partial charge is 0.462 e. The fraction of sp³-hybridized carbons (Fsp3) is 0.923. The van der Waals surface area contributed by atoms with Crippen LogP contribution in [0.1, 0.15) is 153 Å². The highest BCUT2D eigenvalue weighted by molar-refractivity contribution is 5.90. The van der Waals surface area contributed by atoms with Gasteiger partial charge in [0, 0.05) is 29.6 Å². The van der Waals surface area contributed by atoms with Crippen LogP contribution in [0.5, 0.6) is 0 Å². The van der Waals surface area contributed by atoms with Gasteiger partial charge < -0.3 is 4.74 Å². The van der Waals surface area contributed by atoms with E-state index in [4.69, 9.17) is 4.74 Å². The zero-order chi connectivity index (χ0) is 31.8. The number of fused-ring (bicyclic) bond motifs is 7. The van der Waals surface area contributed by atoms with Crippen molar-refractivity contribution < 1.29 is 19.1 Å². The number of hydrogen-bond donors (Lipinski definition) is 0. The SMILES string of the molecule is CCCC(=O)O[C@@H]1CC[C@@]2(C)C(CC[C@]3(C)C2CCC2C4C(C(C)C)CC[C@]4(C(=O)C[C@@H](C)C(C)=O)CC[C@]23C)C1(C)C. The lowest BCUT2D eigenvalue weighted by Gasteiger charge is -2.73. The van der Waals surface area contributed by atoms with E-state index in [2.05, 4.69) is 55.4 Å². The number of ether oxygens (including phenoxy) is 1. The third-order valence-electron chi connectivity index (χ3n) is 15.7. The highest BCUT2D eigenvalue weighted by Crippen LogP contribution is 2.77. The zero-order valence-electron chi connectivity index (χ0n) is 29.4. The molecule has 0 radical (unpaired) electrons. The van der Waals surface area contributed by atoms with Gasteiger partial charge in [0.25, 0.3) is 0 Å². The summed E-state index contributed by atoms with van der Waals surface area (Å²) in [5, 5.41) is 0. The fourth-order valence-electron chi connectivity index (χ4n) is 13.1. The first kappa shape index (κ1) is 33.2. The first-order valence-corrected chi connectivity index (χ1v) is 18.2. The lowest BCUT2D eigenvalue weighted by atomic mass is 9.32. The van der Waals surface area contributed by atoms with Gasteiger partial charge in [0.05, 0.1) is 0 Å². The van der Waals surface area contributed by atoms with Crippen LogP contribution in [0.25, 0.3) is 0 Å². The summed E-state index contributed by atoms with van der Waals surface area (Å²) in [5.41, 5.74) is 0.457. The number of esters is 1. The molecule has 5 saturated carbocycles. The number of Topliss-reactive ketones (excluding diaryl/α,β-unsaturated/α-hetero) is 2. The lowest BCUT2D eigenvalue weighted by molar-refractivity contribution is -0.250. The topological polar surface area (TPSA) is 60.4 Å². The summed E-state index contributed by atoms with van der Waals surface area (Å²) in [4.78, 5) is 39.1. The van der Waals surface area contributed by atoms with Crippen molar-refractivity contribution in [3.05, 3.63) is 0 Å². The Labute approximate surface area is 263 Å². The summed E-state index contributed by atoms with van der Waals surface area (Å²) in [6, 6.07) is 0. The molecule has 0 aromatic carbocycles.